The fourth-order valence-electron chi connectivity index (χ4n) is 2.01. The number of rotatable bonds is 26. The van der Waals surface area contributed by atoms with Crippen molar-refractivity contribution in [3.05, 3.63) is 0 Å². The molecule has 0 amide bonds. The highest BCUT2D eigenvalue weighted by Crippen LogP contribution is 1.88. The van der Waals surface area contributed by atoms with Crippen molar-refractivity contribution in [3.8, 4) is 0 Å². The molecule has 0 atom stereocenters. The molecule has 0 heterocycles. The summed E-state index contributed by atoms with van der Waals surface area (Å²) in [5.74, 6) is -0.699. The zero-order valence-electron chi connectivity index (χ0n) is 19.9. The Labute approximate surface area is 195 Å². The molecule has 0 saturated carbocycles. The van der Waals surface area contributed by atoms with E-state index in [-0.39, 0.29) is 19.0 Å². The summed E-state index contributed by atoms with van der Waals surface area (Å²) in [6, 6.07) is 0. The second-order valence-corrected chi connectivity index (χ2v) is 6.24. The normalized spacial score (nSPS) is 11.0. The molecule has 0 aliphatic carbocycles. The second kappa shape index (κ2) is 26.9. The first kappa shape index (κ1) is 31.6. The van der Waals surface area contributed by atoms with Crippen molar-refractivity contribution >= 4 is 11.9 Å². The zero-order valence-corrected chi connectivity index (χ0v) is 19.9. The van der Waals surface area contributed by atoms with Crippen LogP contribution in [0.3, 0.4) is 0 Å². The molecule has 0 N–H and O–H groups in total. The number of hydrogen-bond donors (Lipinski definition) is 0. The molecular weight excluding hydrogens is 444 g/mol. The smallest absolute Gasteiger partial charge is 0.331 e. The van der Waals surface area contributed by atoms with E-state index in [2.05, 4.69) is 9.47 Å². The Balaban J connectivity index is 3.05. The van der Waals surface area contributed by atoms with Gasteiger partial charge < -0.3 is 47.4 Å². The number of carbonyl (C=O) groups is 2. The van der Waals surface area contributed by atoms with Crippen molar-refractivity contribution in [1.82, 2.24) is 0 Å². The Hall–Kier alpha value is -1.38. The molecule has 0 radical (unpaired) electrons. The summed E-state index contributed by atoms with van der Waals surface area (Å²) in [4.78, 5) is 21.7. The Morgan fingerprint density at radius 1 is 0.394 bits per heavy atom. The highest BCUT2D eigenvalue weighted by molar-refractivity contribution is 5.70. The molecule has 0 unspecified atom stereocenters. The lowest BCUT2D eigenvalue weighted by Crippen LogP contribution is -2.16. The molecule has 0 bridgehead atoms. The number of hydrogen-bond acceptors (Lipinski definition) is 12. The van der Waals surface area contributed by atoms with E-state index >= 15 is 0 Å². The highest BCUT2D eigenvalue weighted by atomic mass is 16.6. The third kappa shape index (κ3) is 26.8. The van der Waals surface area contributed by atoms with Gasteiger partial charge >= 0.3 is 11.9 Å². The molecule has 12 heteroatoms. The van der Waals surface area contributed by atoms with Crippen LogP contribution in [-0.2, 0) is 57.0 Å². The summed E-state index contributed by atoms with van der Waals surface area (Å²) < 4.78 is 51.4. The molecule has 196 valence electrons. The van der Waals surface area contributed by atoms with Crippen molar-refractivity contribution in [1.29, 1.82) is 0 Å². The molecule has 33 heavy (non-hydrogen) atoms. The fourth-order valence-corrected chi connectivity index (χ4v) is 2.01. The van der Waals surface area contributed by atoms with Crippen LogP contribution in [0.1, 0.15) is 6.42 Å². The van der Waals surface area contributed by atoms with Crippen LogP contribution in [0, 0.1) is 0 Å². The molecular formula is C21H40O12. The minimum Gasteiger partial charge on any atom is -0.469 e. The van der Waals surface area contributed by atoms with Crippen LogP contribution in [0.25, 0.3) is 0 Å². The third-order valence-electron chi connectivity index (χ3n) is 3.73. The summed E-state index contributed by atoms with van der Waals surface area (Å²) in [6.45, 7) is 6.58. The molecule has 0 saturated heterocycles. The first-order valence-electron chi connectivity index (χ1n) is 11.0. The topological polar surface area (TPSA) is 126 Å². The van der Waals surface area contributed by atoms with Crippen molar-refractivity contribution in [2.24, 2.45) is 0 Å². The van der Waals surface area contributed by atoms with Gasteiger partial charge in [0.2, 0.25) is 0 Å². The summed E-state index contributed by atoms with van der Waals surface area (Å²) in [7, 11) is 2.66. The molecule has 0 fully saturated rings. The summed E-state index contributed by atoms with van der Waals surface area (Å²) in [5, 5.41) is 0. The first-order valence-corrected chi connectivity index (χ1v) is 11.0. The Morgan fingerprint density at radius 3 is 0.970 bits per heavy atom. The van der Waals surface area contributed by atoms with Crippen LogP contribution in [0.2, 0.25) is 0 Å². The van der Waals surface area contributed by atoms with E-state index in [0.29, 0.717) is 99.1 Å². The van der Waals surface area contributed by atoms with Crippen LogP contribution in [0.5, 0.6) is 0 Å². The van der Waals surface area contributed by atoms with Gasteiger partial charge in [-0.25, -0.2) is 4.79 Å². The number of carbonyl (C=O) groups excluding carboxylic acids is 2. The molecule has 0 aromatic carbocycles. The minimum atomic E-state index is -0.410. The average molecular weight is 485 g/mol. The van der Waals surface area contributed by atoms with Crippen LogP contribution in [0.15, 0.2) is 0 Å². The van der Waals surface area contributed by atoms with Gasteiger partial charge in [-0.3, -0.25) is 4.79 Å². The standard InChI is InChI=1S/C21H40O12/c1-24-20(22)3-4-26-5-6-27-7-8-28-9-10-29-11-12-30-13-14-31-15-16-32-17-18-33-19-21(23)25-2/h3-19H2,1-2H3. The van der Waals surface area contributed by atoms with Gasteiger partial charge in [0.15, 0.2) is 0 Å². The highest BCUT2D eigenvalue weighted by Gasteiger charge is 2.00. The SMILES string of the molecule is COC(=O)CCOCCOCCOCCOCCOCCOCCOCCOCC(=O)OC. The third-order valence-corrected chi connectivity index (χ3v) is 3.73. The summed E-state index contributed by atoms with van der Waals surface area (Å²) in [6.07, 6.45) is 0.243. The predicted molar refractivity (Wildman–Crippen MR) is 115 cm³/mol. The number of esters is 2. The van der Waals surface area contributed by atoms with Gasteiger partial charge in [0.1, 0.15) is 6.61 Å². The van der Waals surface area contributed by atoms with Gasteiger partial charge in [0, 0.05) is 0 Å². The van der Waals surface area contributed by atoms with E-state index in [1.54, 1.807) is 0 Å². The Bertz CT molecular complexity index is 397. The van der Waals surface area contributed by atoms with E-state index in [0.717, 1.165) is 0 Å². The lowest BCUT2D eigenvalue weighted by atomic mass is 10.5. The molecule has 0 aliphatic rings. The zero-order chi connectivity index (χ0) is 24.2. The van der Waals surface area contributed by atoms with E-state index in [9.17, 15) is 9.59 Å². The quantitative estimate of drug-likeness (QED) is 0.120. The van der Waals surface area contributed by atoms with Crippen molar-refractivity contribution < 1.29 is 57.0 Å². The van der Waals surface area contributed by atoms with E-state index in [1.807, 2.05) is 0 Å². The second-order valence-electron chi connectivity index (χ2n) is 6.24. The van der Waals surface area contributed by atoms with Gasteiger partial charge in [0.05, 0.1) is 120 Å². The van der Waals surface area contributed by atoms with Crippen molar-refractivity contribution in [3.63, 3.8) is 0 Å². The number of methoxy groups -OCH3 is 2. The van der Waals surface area contributed by atoms with Gasteiger partial charge in [-0.15, -0.1) is 0 Å². The van der Waals surface area contributed by atoms with E-state index in [1.165, 1.54) is 14.2 Å². The maximum Gasteiger partial charge on any atom is 0.331 e. The van der Waals surface area contributed by atoms with Crippen LogP contribution < -0.4 is 0 Å². The van der Waals surface area contributed by atoms with Gasteiger partial charge in [-0.1, -0.05) is 0 Å². The maximum atomic E-state index is 10.9. The van der Waals surface area contributed by atoms with Gasteiger partial charge in [0.25, 0.3) is 0 Å². The van der Waals surface area contributed by atoms with E-state index in [4.69, 9.17) is 37.9 Å². The summed E-state index contributed by atoms with van der Waals surface area (Å²) in [5.41, 5.74) is 0. The minimum absolute atomic E-state index is 0.0711. The Morgan fingerprint density at radius 2 is 0.667 bits per heavy atom. The molecule has 0 rings (SSSR count). The molecule has 12 nitrogen and oxygen atoms in total. The Kier molecular flexibility index (Phi) is 25.7. The first-order chi connectivity index (χ1) is 16.2. The largest absolute Gasteiger partial charge is 0.469 e. The molecule has 0 spiro atoms. The fraction of sp³-hybridized carbons (Fsp3) is 0.905. The van der Waals surface area contributed by atoms with Crippen LogP contribution in [0.4, 0.5) is 0 Å². The van der Waals surface area contributed by atoms with Crippen LogP contribution in [-0.4, -0.2) is 132 Å². The molecule has 0 aromatic rings. The monoisotopic (exact) mass is 484 g/mol. The number of ether oxygens (including phenoxy) is 10. The maximum absolute atomic E-state index is 10.9. The van der Waals surface area contributed by atoms with Crippen LogP contribution >= 0.6 is 0 Å². The van der Waals surface area contributed by atoms with Crippen molar-refractivity contribution in [2.75, 3.05) is 120 Å². The molecule has 0 aliphatic heterocycles. The lowest BCUT2D eigenvalue weighted by Gasteiger charge is -2.08. The van der Waals surface area contributed by atoms with Gasteiger partial charge in [-0.05, 0) is 0 Å². The predicted octanol–water partition coefficient (Wildman–Crippen LogP) is -0.145. The molecule has 0 aromatic heterocycles. The van der Waals surface area contributed by atoms with Crippen molar-refractivity contribution in [2.45, 2.75) is 6.42 Å². The van der Waals surface area contributed by atoms with Gasteiger partial charge in [-0.2, -0.15) is 0 Å². The summed E-state index contributed by atoms with van der Waals surface area (Å²) >= 11 is 0. The van der Waals surface area contributed by atoms with E-state index < -0.39 is 5.97 Å². The average Bonchev–Trinajstić information content (AvgIpc) is 2.83. The lowest BCUT2D eigenvalue weighted by molar-refractivity contribution is -0.146.